The van der Waals surface area contributed by atoms with E-state index >= 15 is 0 Å². The van der Waals surface area contributed by atoms with Crippen LogP contribution in [0.1, 0.15) is 70.6 Å². The van der Waals surface area contributed by atoms with E-state index in [1.807, 2.05) is 0 Å². The van der Waals surface area contributed by atoms with E-state index in [1.54, 1.807) is 0 Å². The Balaban J connectivity index is 1.16. The Hall–Kier alpha value is -0.610. The van der Waals surface area contributed by atoms with E-state index in [4.69, 9.17) is 9.47 Å². The first kappa shape index (κ1) is 14.9. The molecular weight excluding hydrogens is 280 g/mol. The molecule has 6 unspecified atom stereocenters. The van der Waals surface area contributed by atoms with Crippen LogP contribution in [0.3, 0.4) is 0 Å². The number of aliphatic carboxylic acids is 1. The summed E-state index contributed by atoms with van der Waals surface area (Å²) >= 11 is 0. The van der Waals surface area contributed by atoms with Gasteiger partial charge in [0.1, 0.15) is 0 Å². The summed E-state index contributed by atoms with van der Waals surface area (Å²) in [7, 11) is 0. The van der Waals surface area contributed by atoms with Crippen molar-refractivity contribution >= 4 is 5.97 Å². The van der Waals surface area contributed by atoms with Crippen LogP contribution in [0.25, 0.3) is 0 Å². The van der Waals surface area contributed by atoms with Gasteiger partial charge < -0.3 is 14.6 Å². The van der Waals surface area contributed by atoms with Gasteiger partial charge in [0.05, 0.1) is 29.8 Å². The summed E-state index contributed by atoms with van der Waals surface area (Å²) in [4.78, 5) is 11.7. The fourth-order valence-corrected chi connectivity index (χ4v) is 4.87. The predicted molar refractivity (Wildman–Crippen MR) is 81.7 cm³/mol. The van der Waals surface area contributed by atoms with Crippen LogP contribution in [0.2, 0.25) is 0 Å². The number of carboxylic acid groups (broad SMARTS) is 1. The van der Waals surface area contributed by atoms with Crippen LogP contribution >= 0.6 is 0 Å². The Bertz CT molecular complexity index is 437. The maximum atomic E-state index is 11.7. The van der Waals surface area contributed by atoms with E-state index in [0.717, 1.165) is 38.0 Å². The fourth-order valence-electron chi connectivity index (χ4n) is 4.87. The average molecular weight is 308 g/mol. The zero-order valence-electron chi connectivity index (χ0n) is 13.3. The van der Waals surface area contributed by atoms with E-state index in [9.17, 15) is 9.90 Å². The molecule has 2 heterocycles. The first-order valence-corrected chi connectivity index (χ1v) is 9.21. The maximum absolute atomic E-state index is 11.7. The number of carbonyl (C=O) groups is 1. The Morgan fingerprint density at radius 3 is 2.59 bits per heavy atom. The molecule has 0 aromatic carbocycles. The van der Waals surface area contributed by atoms with Crippen molar-refractivity contribution in [3.63, 3.8) is 0 Å². The van der Waals surface area contributed by atoms with Crippen molar-refractivity contribution in [3.05, 3.63) is 0 Å². The van der Waals surface area contributed by atoms with Gasteiger partial charge in [0.15, 0.2) is 0 Å². The summed E-state index contributed by atoms with van der Waals surface area (Å²) in [6.45, 7) is 0. The van der Waals surface area contributed by atoms with Crippen LogP contribution in [-0.4, -0.2) is 35.5 Å². The highest BCUT2D eigenvalue weighted by Gasteiger charge is 2.53. The number of hydrogen-bond donors (Lipinski definition) is 1. The van der Waals surface area contributed by atoms with Crippen molar-refractivity contribution in [3.8, 4) is 0 Å². The number of epoxide rings is 2. The van der Waals surface area contributed by atoms with Crippen molar-refractivity contribution in [2.45, 2.75) is 95.0 Å². The summed E-state index contributed by atoms with van der Waals surface area (Å²) in [5.41, 5.74) is -0.489. The number of rotatable bonds is 7. The molecule has 2 saturated carbocycles. The molecule has 4 aliphatic rings. The lowest BCUT2D eigenvalue weighted by Gasteiger charge is -2.31. The summed E-state index contributed by atoms with van der Waals surface area (Å²) < 4.78 is 11.1. The van der Waals surface area contributed by atoms with Crippen LogP contribution in [0.4, 0.5) is 0 Å². The lowest BCUT2D eigenvalue weighted by molar-refractivity contribution is -0.151. The van der Waals surface area contributed by atoms with Crippen molar-refractivity contribution in [1.29, 1.82) is 0 Å². The van der Waals surface area contributed by atoms with Crippen LogP contribution in [0.5, 0.6) is 0 Å². The van der Waals surface area contributed by atoms with Gasteiger partial charge >= 0.3 is 5.97 Å². The van der Waals surface area contributed by atoms with Crippen molar-refractivity contribution in [1.82, 2.24) is 0 Å². The van der Waals surface area contributed by atoms with Gasteiger partial charge in [-0.3, -0.25) is 4.79 Å². The van der Waals surface area contributed by atoms with Crippen LogP contribution in [0, 0.1) is 11.3 Å². The molecule has 4 heteroatoms. The molecule has 22 heavy (non-hydrogen) atoms. The summed E-state index contributed by atoms with van der Waals surface area (Å²) in [6.07, 6.45) is 13.8. The van der Waals surface area contributed by atoms with E-state index in [-0.39, 0.29) is 6.10 Å². The Kier molecular flexibility index (Phi) is 3.93. The molecule has 0 bridgehead atoms. The molecule has 4 fully saturated rings. The summed E-state index contributed by atoms with van der Waals surface area (Å²) in [5, 5.41) is 9.65. The molecule has 1 N–H and O–H groups in total. The molecular formula is C18H28O4. The van der Waals surface area contributed by atoms with Gasteiger partial charge in [0.2, 0.25) is 0 Å². The van der Waals surface area contributed by atoms with Crippen molar-refractivity contribution < 1.29 is 19.4 Å². The highest BCUT2D eigenvalue weighted by Crippen LogP contribution is 2.49. The van der Waals surface area contributed by atoms with Crippen molar-refractivity contribution in [2.24, 2.45) is 11.3 Å². The molecule has 0 amide bonds. The summed E-state index contributed by atoms with van der Waals surface area (Å²) in [6, 6.07) is 0. The van der Waals surface area contributed by atoms with E-state index in [2.05, 4.69) is 0 Å². The number of hydrogen-bond acceptors (Lipinski definition) is 3. The van der Waals surface area contributed by atoms with Gasteiger partial charge in [0.25, 0.3) is 0 Å². The zero-order valence-corrected chi connectivity index (χ0v) is 13.3. The molecule has 2 aliphatic heterocycles. The summed E-state index contributed by atoms with van der Waals surface area (Å²) in [5.74, 6) is 0.262. The minimum absolute atomic E-state index is 0.249. The highest BCUT2D eigenvalue weighted by atomic mass is 16.6. The Morgan fingerprint density at radius 2 is 1.82 bits per heavy atom. The molecule has 2 saturated heterocycles. The number of carboxylic acids is 1. The topological polar surface area (TPSA) is 62.4 Å². The SMILES string of the molecule is O=C(O)C1(CCCCCC2CCC3OC3C2)CCC2OC2C1. The second-order valence-corrected chi connectivity index (χ2v) is 8.03. The molecule has 6 atom stereocenters. The molecule has 0 spiro atoms. The third-order valence-corrected chi connectivity index (χ3v) is 6.52. The molecule has 0 radical (unpaired) electrons. The Labute approximate surface area is 132 Å². The third-order valence-electron chi connectivity index (χ3n) is 6.52. The van der Waals surface area contributed by atoms with Crippen LogP contribution in [0.15, 0.2) is 0 Å². The van der Waals surface area contributed by atoms with Crippen molar-refractivity contribution in [2.75, 3.05) is 0 Å². The van der Waals surface area contributed by atoms with Gasteiger partial charge in [-0.15, -0.1) is 0 Å². The smallest absolute Gasteiger partial charge is 0.309 e. The first-order chi connectivity index (χ1) is 10.7. The molecule has 0 aromatic rings. The largest absolute Gasteiger partial charge is 0.481 e. The number of ether oxygens (including phenoxy) is 2. The van der Waals surface area contributed by atoms with Gasteiger partial charge in [0, 0.05) is 0 Å². The fraction of sp³-hybridized carbons (Fsp3) is 0.944. The normalized spacial score (nSPS) is 45.7. The number of unbranched alkanes of at least 4 members (excludes halogenated alkanes) is 2. The Morgan fingerprint density at radius 1 is 1.00 bits per heavy atom. The monoisotopic (exact) mass is 308 g/mol. The molecule has 124 valence electrons. The zero-order chi connectivity index (χ0) is 15.2. The minimum atomic E-state index is -0.592. The van der Waals surface area contributed by atoms with Crippen LogP contribution < -0.4 is 0 Å². The first-order valence-electron chi connectivity index (χ1n) is 9.21. The van der Waals surface area contributed by atoms with Gasteiger partial charge in [-0.1, -0.05) is 25.7 Å². The number of fused-ring (bicyclic) bond motifs is 2. The molecule has 0 aromatic heterocycles. The van der Waals surface area contributed by atoms with Gasteiger partial charge in [-0.05, 0) is 50.9 Å². The van der Waals surface area contributed by atoms with E-state index in [0.29, 0.717) is 18.3 Å². The quantitative estimate of drug-likeness (QED) is 0.577. The molecule has 4 nitrogen and oxygen atoms in total. The lowest BCUT2D eigenvalue weighted by atomic mass is 9.71. The molecule has 4 rings (SSSR count). The maximum Gasteiger partial charge on any atom is 0.309 e. The highest BCUT2D eigenvalue weighted by molar-refractivity contribution is 5.75. The van der Waals surface area contributed by atoms with Gasteiger partial charge in [-0.25, -0.2) is 0 Å². The van der Waals surface area contributed by atoms with E-state index in [1.165, 1.54) is 38.5 Å². The second kappa shape index (κ2) is 5.79. The molecule has 2 aliphatic carbocycles. The van der Waals surface area contributed by atoms with Crippen LogP contribution in [-0.2, 0) is 14.3 Å². The lowest BCUT2D eigenvalue weighted by Crippen LogP contribution is -2.36. The minimum Gasteiger partial charge on any atom is -0.481 e. The van der Waals surface area contributed by atoms with Gasteiger partial charge in [-0.2, -0.15) is 0 Å². The second-order valence-electron chi connectivity index (χ2n) is 8.03. The average Bonchev–Trinajstić information content (AvgIpc) is 3.40. The third kappa shape index (κ3) is 3.05. The van der Waals surface area contributed by atoms with E-state index < -0.39 is 11.4 Å². The standard InChI is InChI=1S/C18H28O4/c19-17(20)18(9-7-14-16(11-18)22-14)8-3-1-2-4-12-5-6-13-15(10-12)21-13/h12-16H,1-11H2,(H,19,20). The predicted octanol–water partition coefficient (Wildman–Crippen LogP) is 3.53.